The van der Waals surface area contributed by atoms with E-state index < -0.39 is 5.41 Å². The van der Waals surface area contributed by atoms with Crippen molar-refractivity contribution < 1.29 is 9.53 Å². The van der Waals surface area contributed by atoms with Gasteiger partial charge in [-0.25, -0.2) is 0 Å². The molecule has 194 valence electrons. The first-order chi connectivity index (χ1) is 17.6. The van der Waals surface area contributed by atoms with Crippen LogP contribution < -0.4 is 20.3 Å². The monoisotopic (exact) mass is 517 g/mol. The lowest BCUT2D eigenvalue weighted by atomic mass is 9.95. The van der Waals surface area contributed by atoms with Crippen LogP contribution in [0.15, 0.2) is 48.7 Å². The van der Waals surface area contributed by atoms with Crippen molar-refractivity contribution in [1.29, 1.82) is 0 Å². The largest absolute Gasteiger partial charge is 0.494 e. The van der Waals surface area contributed by atoms with E-state index in [0.717, 1.165) is 11.4 Å². The topological polar surface area (TPSA) is 71.4 Å². The minimum atomic E-state index is -0.519. The molecule has 1 saturated heterocycles. The molecular weight excluding hydrogens is 482 g/mol. The van der Waals surface area contributed by atoms with E-state index in [1.54, 1.807) is 7.11 Å². The number of rotatable bonds is 6. The van der Waals surface area contributed by atoms with Crippen LogP contribution in [0.5, 0.6) is 5.75 Å². The number of methoxy groups -OCH3 is 1. The first kappa shape index (κ1) is 25.3. The summed E-state index contributed by atoms with van der Waals surface area (Å²) < 4.78 is 8.18. The number of thiocarbonyl (C=S) groups is 1. The molecule has 1 aliphatic heterocycles. The summed E-state index contributed by atoms with van der Waals surface area (Å²) in [5.41, 5.74) is 5.71. The van der Waals surface area contributed by atoms with Gasteiger partial charge in [-0.3, -0.25) is 9.78 Å². The van der Waals surface area contributed by atoms with Gasteiger partial charge in [0, 0.05) is 40.8 Å². The summed E-state index contributed by atoms with van der Waals surface area (Å²) >= 11 is 5.92. The molecule has 0 bridgehead atoms. The molecule has 0 radical (unpaired) electrons. The van der Waals surface area contributed by atoms with Crippen LogP contribution in [0, 0.1) is 19.3 Å². The van der Waals surface area contributed by atoms with E-state index in [2.05, 4.69) is 45.0 Å². The summed E-state index contributed by atoms with van der Waals surface area (Å²) in [6.07, 6.45) is 4.27. The van der Waals surface area contributed by atoms with Gasteiger partial charge in [0.2, 0.25) is 5.91 Å². The Morgan fingerprint density at radius 3 is 2.54 bits per heavy atom. The molecular formula is C29H35N5O2S. The van der Waals surface area contributed by atoms with Crippen molar-refractivity contribution >= 4 is 34.6 Å². The molecule has 0 spiro atoms. The normalized spacial score (nSPS) is 19.6. The number of aromatic nitrogens is 2. The van der Waals surface area contributed by atoms with Gasteiger partial charge >= 0.3 is 0 Å². The lowest BCUT2D eigenvalue weighted by Gasteiger charge is -2.29. The quantitative estimate of drug-likeness (QED) is 0.391. The standard InChI is InChI=1S/C29H35N5O2S/c1-17-15-21(18(2)33(17)19-10-11-19)26-25(23-9-7-8-14-30-23)32-28(37)34(26)20-12-13-22(24(16-20)36-6)31-27(35)29(3,4)5/h7-9,12-16,19,25-26H,10-11H2,1-6H3,(H,31,35)(H,32,37). The summed E-state index contributed by atoms with van der Waals surface area (Å²) in [4.78, 5) is 19.5. The summed E-state index contributed by atoms with van der Waals surface area (Å²) in [6, 6.07) is 14.5. The van der Waals surface area contributed by atoms with Crippen LogP contribution in [0.3, 0.4) is 0 Å². The Kier molecular flexibility index (Phi) is 6.48. The van der Waals surface area contributed by atoms with Crippen molar-refractivity contribution in [3.63, 3.8) is 0 Å². The van der Waals surface area contributed by atoms with Gasteiger partial charge in [0.15, 0.2) is 5.11 Å². The van der Waals surface area contributed by atoms with E-state index in [1.807, 2.05) is 63.4 Å². The fourth-order valence-corrected chi connectivity index (χ4v) is 5.53. The Morgan fingerprint density at radius 2 is 1.92 bits per heavy atom. The minimum absolute atomic E-state index is 0.0717. The number of anilines is 2. The van der Waals surface area contributed by atoms with Crippen molar-refractivity contribution in [2.24, 2.45) is 5.41 Å². The van der Waals surface area contributed by atoms with E-state index in [9.17, 15) is 4.79 Å². The maximum Gasteiger partial charge on any atom is 0.229 e. The van der Waals surface area contributed by atoms with Gasteiger partial charge in [-0.15, -0.1) is 0 Å². The molecule has 1 amide bonds. The Hall–Kier alpha value is -3.39. The molecule has 7 nitrogen and oxygen atoms in total. The van der Waals surface area contributed by atoms with Gasteiger partial charge in [0.05, 0.1) is 30.6 Å². The number of carbonyl (C=O) groups is 1. The van der Waals surface area contributed by atoms with E-state index >= 15 is 0 Å². The molecule has 2 unspecified atom stereocenters. The number of amides is 1. The molecule has 37 heavy (non-hydrogen) atoms. The Labute approximate surface area is 224 Å². The summed E-state index contributed by atoms with van der Waals surface area (Å²) in [5.74, 6) is 0.513. The summed E-state index contributed by atoms with van der Waals surface area (Å²) in [5, 5.41) is 7.18. The Morgan fingerprint density at radius 1 is 1.16 bits per heavy atom. The molecule has 1 aromatic carbocycles. The lowest BCUT2D eigenvalue weighted by molar-refractivity contribution is -0.123. The highest BCUT2D eigenvalue weighted by atomic mass is 32.1. The minimum Gasteiger partial charge on any atom is -0.494 e. The van der Waals surface area contributed by atoms with Gasteiger partial charge in [-0.1, -0.05) is 26.8 Å². The van der Waals surface area contributed by atoms with Gasteiger partial charge in [0.25, 0.3) is 0 Å². The van der Waals surface area contributed by atoms with E-state index in [0.29, 0.717) is 22.6 Å². The highest BCUT2D eigenvalue weighted by Crippen LogP contribution is 2.47. The average Bonchev–Trinajstić information content (AvgIpc) is 3.57. The molecule has 2 aliphatic rings. The van der Waals surface area contributed by atoms with Crippen LogP contribution in [0.4, 0.5) is 11.4 Å². The van der Waals surface area contributed by atoms with Gasteiger partial charge in [0.1, 0.15) is 5.75 Å². The predicted molar refractivity (Wildman–Crippen MR) is 151 cm³/mol. The van der Waals surface area contributed by atoms with Crippen molar-refractivity contribution in [3.05, 3.63) is 71.3 Å². The summed E-state index contributed by atoms with van der Waals surface area (Å²) in [7, 11) is 1.61. The van der Waals surface area contributed by atoms with Crippen molar-refractivity contribution in [3.8, 4) is 5.75 Å². The second-order valence-electron chi connectivity index (χ2n) is 11.0. The molecule has 8 heteroatoms. The molecule has 1 saturated carbocycles. The fourth-order valence-electron chi connectivity index (χ4n) is 5.19. The smallest absolute Gasteiger partial charge is 0.229 e. The number of ether oxygens (including phenoxy) is 1. The predicted octanol–water partition coefficient (Wildman–Crippen LogP) is 6.01. The number of nitrogens with zero attached hydrogens (tertiary/aromatic N) is 3. The fraction of sp³-hybridized carbons (Fsp3) is 0.414. The van der Waals surface area contributed by atoms with Gasteiger partial charge in [-0.05, 0) is 74.8 Å². The Bertz CT molecular complexity index is 1340. The van der Waals surface area contributed by atoms with Crippen molar-refractivity contribution in [2.75, 3.05) is 17.3 Å². The molecule has 5 rings (SSSR count). The number of aryl methyl sites for hydroxylation is 1. The van der Waals surface area contributed by atoms with Crippen LogP contribution in [0.25, 0.3) is 0 Å². The van der Waals surface area contributed by atoms with E-state index in [4.69, 9.17) is 17.0 Å². The molecule has 2 aromatic heterocycles. The van der Waals surface area contributed by atoms with E-state index in [1.165, 1.54) is 29.8 Å². The number of pyridine rings is 1. The highest BCUT2D eigenvalue weighted by Gasteiger charge is 2.43. The highest BCUT2D eigenvalue weighted by molar-refractivity contribution is 7.80. The zero-order valence-electron chi connectivity index (χ0n) is 22.3. The maximum absolute atomic E-state index is 12.6. The molecule has 3 aromatic rings. The van der Waals surface area contributed by atoms with Gasteiger partial charge < -0.3 is 24.8 Å². The number of benzene rings is 1. The van der Waals surface area contributed by atoms with Crippen molar-refractivity contribution in [1.82, 2.24) is 14.9 Å². The van der Waals surface area contributed by atoms with Crippen molar-refractivity contribution in [2.45, 2.75) is 65.6 Å². The SMILES string of the molecule is COc1cc(N2C(=S)NC(c3ccccn3)C2c2cc(C)n(C3CC3)c2C)ccc1NC(=O)C(C)(C)C. The third kappa shape index (κ3) is 4.70. The molecule has 2 N–H and O–H groups in total. The van der Waals surface area contributed by atoms with Crippen LogP contribution in [-0.4, -0.2) is 27.7 Å². The molecule has 2 atom stereocenters. The van der Waals surface area contributed by atoms with Gasteiger partial charge in [-0.2, -0.15) is 0 Å². The maximum atomic E-state index is 12.6. The first-order valence-corrected chi connectivity index (χ1v) is 13.2. The second kappa shape index (κ2) is 9.49. The number of carbonyl (C=O) groups excluding carboxylic acids is 1. The van der Waals surface area contributed by atoms with E-state index in [-0.39, 0.29) is 18.0 Å². The number of hydrogen-bond donors (Lipinski definition) is 2. The van der Waals surface area contributed by atoms with Crippen LogP contribution in [-0.2, 0) is 4.79 Å². The third-order valence-electron chi connectivity index (χ3n) is 7.24. The average molecular weight is 518 g/mol. The second-order valence-corrected chi connectivity index (χ2v) is 11.4. The summed E-state index contributed by atoms with van der Waals surface area (Å²) in [6.45, 7) is 10.1. The zero-order chi connectivity index (χ0) is 26.5. The zero-order valence-corrected chi connectivity index (χ0v) is 23.1. The third-order valence-corrected chi connectivity index (χ3v) is 7.56. The first-order valence-electron chi connectivity index (χ1n) is 12.8. The molecule has 3 heterocycles. The van der Waals surface area contributed by atoms with Crippen LogP contribution in [0.1, 0.15) is 74.4 Å². The lowest BCUT2D eigenvalue weighted by Crippen LogP contribution is -2.30. The Balaban J connectivity index is 1.59. The molecule has 1 aliphatic carbocycles. The van der Waals surface area contributed by atoms with Crippen LogP contribution >= 0.6 is 12.2 Å². The number of nitrogens with one attached hydrogen (secondary N) is 2. The molecule has 2 fully saturated rings. The number of hydrogen-bond acceptors (Lipinski definition) is 4. The van der Waals surface area contributed by atoms with Crippen LogP contribution in [0.2, 0.25) is 0 Å².